The van der Waals surface area contributed by atoms with Crippen molar-refractivity contribution in [2.75, 3.05) is 18.9 Å². The van der Waals surface area contributed by atoms with Gasteiger partial charge in [0.1, 0.15) is 5.82 Å². The standard InChI is InChI=1S/C15H19N3O2S/c1-3-16-15-11-14(9-10-17-15)21(19,20)18(2)12-13-7-5-4-6-8-13/h4-11H,3,12H2,1-2H3,(H,16,17). The van der Waals surface area contributed by atoms with Crippen LogP contribution in [-0.2, 0) is 16.6 Å². The van der Waals surface area contributed by atoms with Crippen LogP contribution in [0.25, 0.3) is 0 Å². The van der Waals surface area contributed by atoms with Crippen molar-refractivity contribution in [3.05, 3.63) is 54.2 Å². The molecule has 112 valence electrons. The molecule has 2 aromatic rings. The first kappa shape index (κ1) is 15.5. The van der Waals surface area contributed by atoms with Crippen molar-refractivity contribution in [2.45, 2.75) is 18.4 Å². The van der Waals surface area contributed by atoms with Crippen LogP contribution in [-0.4, -0.2) is 31.3 Å². The molecule has 1 N–H and O–H groups in total. The second-order valence-electron chi connectivity index (χ2n) is 4.65. The number of benzene rings is 1. The van der Waals surface area contributed by atoms with Crippen LogP contribution in [0.15, 0.2) is 53.6 Å². The molecule has 1 heterocycles. The van der Waals surface area contributed by atoms with Crippen LogP contribution in [0.1, 0.15) is 12.5 Å². The first-order chi connectivity index (χ1) is 10.0. The topological polar surface area (TPSA) is 62.3 Å². The maximum atomic E-state index is 12.6. The Labute approximate surface area is 125 Å². The largest absolute Gasteiger partial charge is 0.370 e. The van der Waals surface area contributed by atoms with Gasteiger partial charge in [0.25, 0.3) is 0 Å². The van der Waals surface area contributed by atoms with Crippen molar-refractivity contribution in [3.63, 3.8) is 0 Å². The number of pyridine rings is 1. The van der Waals surface area contributed by atoms with Gasteiger partial charge in [-0.05, 0) is 18.6 Å². The summed E-state index contributed by atoms with van der Waals surface area (Å²) >= 11 is 0. The van der Waals surface area contributed by atoms with E-state index in [1.165, 1.54) is 16.6 Å². The molecule has 0 aliphatic rings. The molecule has 0 saturated heterocycles. The minimum Gasteiger partial charge on any atom is -0.370 e. The van der Waals surface area contributed by atoms with Crippen molar-refractivity contribution in [1.82, 2.24) is 9.29 Å². The van der Waals surface area contributed by atoms with Gasteiger partial charge < -0.3 is 5.32 Å². The molecule has 0 aliphatic heterocycles. The van der Waals surface area contributed by atoms with Gasteiger partial charge in [0.05, 0.1) is 4.90 Å². The predicted octanol–water partition coefficient (Wildman–Crippen LogP) is 2.33. The smallest absolute Gasteiger partial charge is 0.243 e. The first-order valence-corrected chi connectivity index (χ1v) is 8.18. The fourth-order valence-corrected chi connectivity index (χ4v) is 3.13. The average Bonchev–Trinajstić information content (AvgIpc) is 2.49. The number of aromatic nitrogens is 1. The lowest BCUT2D eigenvalue weighted by atomic mass is 10.2. The van der Waals surface area contributed by atoms with Gasteiger partial charge in [-0.25, -0.2) is 13.4 Å². The van der Waals surface area contributed by atoms with Gasteiger partial charge >= 0.3 is 0 Å². The maximum Gasteiger partial charge on any atom is 0.243 e. The molecule has 0 atom stereocenters. The van der Waals surface area contributed by atoms with Crippen molar-refractivity contribution in [3.8, 4) is 0 Å². The molecule has 21 heavy (non-hydrogen) atoms. The van der Waals surface area contributed by atoms with Gasteiger partial charge in [-0.3, -0.25) is 0 Å². The molecule has 0 radical (unpaired) electrons. The molecular formula is C15H19N3O2S. The molecule has 1 aromatic heterocycles. The number of nitrogens with one attached hydrogen (secondary N) is 1. The van der Waals surface area contributed by atoms with Gasteiger partial charge in [-0.15, -0.1) is 0 Å². The normalized spacial score (nSPS) is 11.6. The van der Waals surface area contributed by atoms with E-state index < -0.39 is 10.0 Å². The van der Waals surface area contributed by atoms with Crippen LogP contribution < -0.4 is 5.32 Å². The minimum atomic E-state index is -3.52. The van der Waals surface area contributed by atoms with Gasteiger partial charge in [0, 0.05) is 32.4 Å². The lowest BCUT2D eigenvalue weighted by Crippen LogP contribution is -2.26. The summed E-state index contributed by atoms with van der Waals surface area (Å²) in [5.41, 5.74) is 0.949. The minimum absolute atomic E-state index is 0.242. The highest BCUT2D eigenvalue weighted by Gasteiger charge is 2.21. The third kappa shape index (κ3) is 3.80. The highest BCUT2D eigenvalue weighted by atomic mass is 32.2. The third-order valence-corrected chi connectivity index (χ3v) is 4.84. The monoisotopic (exact) mass is 305 g/mol. The Morgan fingerprint density at radius 1 is 1.19 bits per heavy atom. The molecule has 0 spiro atoms. The van der Waals surface area contributed by atoms with Crippen molar-refractivity contribution < 1.29 is 8.42 Å². The summed E-state index contributed by atoms with van der Waals surface area (Å²) < 4.78 is 26.5. The van der Waals surface area contributed by atoms with Crippen molar-refractivity contribution >= 4 is 15.8 Å². The molecule has 0 saturated carbocycles. The summed E-state index contributed by atoms with van der Waals surface area (Å²) in [6.07, 6.45) is 1.50. The quantitative estimate of drug-likeness (QED) is 0.890. The fourth-order valence-electron chi connectivity index (χ4n) is 1.95. The number of anilines is 1. The first-order valence-electron chi connectivity index (χ1n) is 6.74. The molecule has 1 aromatic carbocycles. The zero-order valence-corrected chi connectivity index (χ0v) is 13.0. The summed E-state index contributed by atoms with van der Waals surface area (Å²) in [6.45, 7) is 2.96. The second-order valence-corrected chi connectivity index (χ2v) is 6.70. The third-order valence-electron chi connectivity index (χ3n) is 3.05. The summed E-state index contributed by atoms with van der Waals surface area (Å²) in [6, 6.07) is 12.6. The van der Waals surface area contributed by atoms with E-state index >= 15 is 0 Å². The fraction of sp³-hybridized carbons (Fsp3) is 0.267. The van der Waals surface area contributed by atoms with Crippen LogP contribution in [0.3, 0.4) is 0 Å². The molecule has 0 unspecified atom stereocenters. The number of hydrogen-bond donors (Lipinski definition) is 1. The second kappa shape index (κ2) is 6.69. The number of nitrogens with zero attached hydrogens (tertiary/aromatic N) is 2. The van der Waals surface area contributed by atoms with Gasteiger partial charge in [-0.1, -0.05) is 30.3 Å². The molecule has 0 bridgehead atoms. The van der Waals surface area contributed by atoms with Crippen molar-refractivity contribution in [1.29, 1.82) is 0 Å². The van der Waals surface area contributed by atoms with Gasteiger partial charge in [-0.2, -0.15) is 4.31 Å². The zero-order valence-electron chi connectivity index (χ0n) is 12.2. The Hall–Kier alpha value is -1.92. The van der Waals surface area contributed by atoms with E-state index in [2.05, 4.69) is 10.3 Å². The van der Waals surface area contributed by atoms with E-state index in [0.29, 0.717) is 18.9 Å². The van der Waals surface area contributed by atoms with E-state index in [1.807, 2.05) is 37.3 Å². The highest BCUT2D eigenvalue weighted by Crippen LogP contribution is 2.18. The van der Waals surface area contributed by atoms with E-state index in [0.717, 1.165) is 5.56 Å². The Kier molecular flexibility index (Phi) is 4.93. The lowest BCUT2D eigenvalue weighted by molar-refractivity contribution is 0.466. The number of rotatable bonds is 6. The molecular weight excluding hydrogens is 286 g/mol. The molecule has 0 fully saturated rings. The number of sulfonamides is 1. The SMILES string of the molecule is CCNc1cc(S(=O)(=O)N(C)Cc2ccccc2)ccn1. The summed E-state index contributed by atoms with van der Waals surface area (Å²) in [5.74, 6) is 0.562. The van der Waals surface area contributed by atoms with Gasteiger partial charge in [0.15, 0.2) is 0 Å². The predicted molar refractivity (Wildman–Crippen MR) is 83.5 cm³/mol. The average molecular weight is 305 g/mol. The van der Waals surface area contributed by atoms with Crippen LogP contribution in [0.5, 0.6) is 0 Å². The summed E-state index contributed by atoms with van der Waals surface area (Å²) in [4.78, 5) is 4.33. The summed E-state index contributed by atoms with van der Waals surface area (Å²) in [7, 11) is -1.95. The number of hydrogen-bond acceptors (Lipinski definition) is 4. The maximum absolute atomic E-state index is 12.6. The Morgan fingerprint density at radius 2 is 1.90 bits per heavy atom. The molecule has 2 rings (SSSR count). The van der Waals surface area contributed by atoms with E-state index in [9.17, 15) is 8.42 Å². The van der Waals surface area contributed by atoms with Crippen LogP contribution in [0.4, 0.5) is 5.82 Å². The van der Waals surface area contributed by atoms with E-state index in [1.54, 1.807) is 13.1 Å². The van der Waals surface area contributed by atoms with Crippen LogP contribution in [0.2, 0.25) is 0 Å². The Morgan fingerprint density at radius 3 is 2.57 bits per heavy atom. The molecule has 5 nitrogen and oxygen atoms in total. The molecule has 0 amide bonds. The summed E-state index contributed by atoms with van der Waals surface area (Å²) in [5, 5.41) is 3.01. The Bertz CT molecular complexity index is 687. The van der Waals surface area contributed by atoms with E-state index in [4.69, 9.17) is 0 Å². The van der Waals surface area contributed by atoms with Crippen LogP contribution >= 0.6 is 0 Å². The lowest BCUT2D eigenvalue weighted by Gasteiger charge is -2.17. The van der Waals surface area contributed by atoms with E-state index in [-0.39, 0.29) is 4.90 Å². The zero-order chi connectivity index (χ0) is 15.3. The molecule has 0 aliphatic carbocycles. The van der Waals surface area contributed by atoms with Gasteiger partial charge in [0.2, 0.25) is 10.0 Å². The molecule has 6 heteroatoms. The van der Waals surface area contributed by atoms with Crippen LogP contribution in [0, 0.1) is 0 Å². The van der Waals surface area contributed by atoms with Crippen molar-refractivity contribution in [2.24, 2.45) is 0 Å². The Balaban J connectivity index is 2.22. The highest BCUT2D eigenvalue weighted by molar-refractivity contribution is 7.89.